The number of nitrogens with one attached hydrogen (secondary N) is 1. The number of hydrogen-bond donors (Lipinski definition) is 1. The van der Waals surface area contributed by atoms with Gasteiger partial charge in [-0.2, -0.15) is 0 Å². The van der Waals surface area contributed by atoms with E-state index in [-0.39, 0.29) is 6.03 Å². The Morgan fingerprint density at radius 1 is 1.42 bits per heavy atom. The Bertz CT molecular complexity index is 404. The number of hydrogen-bond acceptors (Lipinski definition) is 1. The van der Waals surface area contributed by atoms with E-state index in [0.717, 1.165) is 19.5 Å². The molecule has 104 valence electrons. The summed E-state index contributed by atoms with van der Waals surface area (Å²) in [6.07, 6.45) is 2.37. The molecule has 1 heterocycles. The number of nitrogens with zero attached hydrogens (tertiary/aromatic N) is 1. The lowest BCUT2D eigenvalue weighted by Gasteiger charge is -2.31. The highest BCUT2D eigenvalue weighted by atomic mass is 16.2. The number of carbonyl (C=O) groups is 1. The van der Waals surface area contributed by atoms with E-state index in [1.54, 1.807) is 0 Å². The normalized spacial score (nSPS) is 20.9. The van der Waals surface area contributed by atoms with Gasteiger partial charge in [0.25, 0.3) is 0 Å². The predicted octanol–water partition coefficient (Wildman–Crippen LogP) is 3.23. The molecule has 1 aromatic rings. The smallest absolute Gasteiger partial charge is 0.317 e. The second kappa shape index (κ2) is 6.60. The van der Waals surface area contributed by atoms with Crippen LogP contribution in [-0.4, -0.2) is 30.6 Å². The summed E-state index contributed by atoms with van der Waals surface area (Å²) in [6, 6.07) is 10.4. The molecule has 0 radical (unpaired) electrons. The molecule has 0 bridgehead atoms. The third-order valence-corrected chi connectivity index (χ3v) is 3.87. The molecule has 0 aromatic heterocycles. The van der Waals surface area contributed by atoms with Crippen LogP contribution in [0.25, 0.3) is 0 Å². The van der Waals surface area contributed by atoms with Crippen LogP contribution in [0.1, 0.15) is 38.2 Å². The molecule has 2 rings (SSSR count). The summed E-state index contributed by atoms with van der Waals surface area (Å²) in [7, 11) is 0. The van der Waals surface area contributed by atoms with Crippen LogP contribution in [0.4, 0.5) is 4.79 Å². The first-order chi connectivity index (χ1) is 9.16. The molecule has 3 heteroatoms. The highest BCUT2D eigenvalue weighted by Crippen LogP contribution is 2.16. The van der Waals surface area contributed by atoms with Crippen molar-refractivity contribution in [2.24, 2.45) is 5.92 Å². The lowest BCUT2D eigenvalue weighted by atomic mass is 10.0. The van der Waals surface area contributed by atoms with Crippen LogP contribution >= 0.6 is 0 Å². The van der Waals surface area contributed by atoms with E-state index in [4.69, 9.17) is 0 Å². The average Bonchev–Trinajstić information content (AvgIpc) is 2.45. The highest BCUT2D eigenvalue weighted by molar-refractivity contribution is 5.74. The third kappa shape index (κ3) is 3.98. The number of rotatable bonds is 3. The Balaban J connectivity index is 1.80. The number of likely N-dealkylation sites (tertiary alicyclic amines) is 1. The largest absolute Gasteiger partial charge is 0.337 e. The number of urea groups is 1. The number of amides is 2. The summed E-state index contributed by atoms with van der Waals surface area (Å²) < 4.78 is 0. The molecular formula is C16H24N2O. The standard InChI is InChI=1S/C16H24N2O/c1-13-7-6-10-18(12-13)16(19)17-11-14(2)15-8-4-3-5-9-15/h3-5,8-9,13-14H,6-7,10-12H2,1-2H3,(H,17,19). The van der Waals surface area contributed by atoms with E-state index in [9.17, 15) is 4.79 Å². The Morgan fingerprint density at radius 3 is 2.84 bits per heavy atom. The van der Waals surface area contributed by atoms with Gasteiger partial charge >= 0.3 is 6.03 Å². The minimum Gasteiger partial charge on any atom is -0.337 e. The van der Waals surface area contributed by atoms with Gasteiger partial charge in [0, 0.05) is 19.6 Å². The van der Waals surface area contributed by atoms with Crippen molar-refractivity contribution < 1.29 is 4.79 Å². The molecule has 3 nitrogen and oxygen atoms in total. The van der Waals surface area contributed by atoms with Crippen molar-refractivity contribution in [2.75, 3.05) is 19.6 Å². The Kier molecular flexibility index (Phi) is 4.83. The summed E-state index contributed by atoms with van der Waals surface area (Å²) in [6.45, 7) is 6.86. The molecule has 1 aromatic carbocycles. The molecule has 0 aliphatic carbocycles. The Morgan fingerprint density at radius 2 is 2.16 bits per heavy atom. The molecule has 2 atom stereocenters. The zero-order chi connectivity index (χ0) is 13.7. The SMILES string of the molecule is CC1CCCN(C(=O)NCC(C)c2ccccc2)C1. The molecule has 1 fully saturated rings. The van der Waals surface area contributed by atoms with Crippen molar-refractivity contribution in [3.8, 4) is 0 Å². The number of carbonyl (C=O) groups excluding carboxylic acids is 1. The van der Waals surface area contributed by atoms with Gasteiger partial charge < -0.3 is 10.2 Å². The molecule has 1 aliphatic rings. The minimum absolute atomic E-state index is 0.0920. The van der Waals surface area contributed by atoms with E-state index in [1.165, 1.54) is 12.0 Å². The lowest BCUT2D eigenvalue weighted by molar-refractivity contribution is 0.169. The summed E-state index contributed by atoms with van der Waals surface area (Å²) >= 11 is 0. The first-order valence-corrected chi connectivity index (χ1v) is 7.24. The summed E-state index contributed by atoms with van der Waals surface area (Å²) in [5.41, 5.74) is 1.27. The van der Waals surface area contributed by atoms with Gasteiger partial charge in [-0.05, 0) is 30.2 Å². The van der Waals surface area contributed by atoms with Gasteiger partial charge in [-0.1, -0.05) is 44.2 Å². The first kappa shape index (κ1) is 13.9. The molecule has 0 saturated carbocycles. The second-order valence-corrected chi connectivity index (χ2v) is 5.69. The van der Waals surface area contributed by atoms with Crippen molar-refractivity contribution in [3.05, 3.63) is 35.9 Å². The van der Waals surface area contributed by atoms with Crippen LogP contribution in [0.3, 0.4) is 0 Å². The molecular weight excluding hydrogens is 236 g/mol. The van der Waals surface area contributed by atoms with E-state index in [0.29, 0.717) is 18.4 Å². The highest BCUT2D eigenvalue weighted by Gasteiger charge is 2.20. The van der Waals surface area contributed by atoms with Crippen molar-refractivity contribution in [2.45, 2.75) is 32.6 Å². The van der Waals surface area contributed by atoms with Gasteiger partial charge in [0.05, 0.1) is 0 Å². The Labute approximate surface area is 116 Å². The maximum atomic E-state index is 12.1. The van der Waals surface area contributed by atoms with Gasteiger partial charge in [0.2, 0.25) is 0 Å². The topological polar surface area (TPSA) is 32.3 Å². The van der Waals surface area contributed by atoms with E-state index >= 15 is 0 Å². The van der Waals surface area contributed by atoms with Crippen LogP contribution in [0, 0.1) is 5.92 Å². The molecule has 2 unspecified atom stereocenters. The predicted molar refractivity (Wildman–Crippen MR) is 78.2 cm³/mol. The average molecular weight is 260 g/mol. The van der Waals surface area contributed by atoms with Crippen LogP contribution in [0.15, 0.2) is 30.3 Å². The summed E-state index contributed by atoms with van der Waals surface area (Å²) in [5.74, 6) is 0.985. The maximum Gasteiger partial charge on any atom is 0.317 e. The second-order valence-electron chi connectivity index (χ2n) is 5.69. The van der Waals surface area contributed by atoms with Gasteiger partial charge in [-0.15, -0.1) is 0 Å². The zero-order valence-electron chi connectivity index (χ0n) is 11.9. The van der Waals surface area contributed by atoms with E-state index in [2.05, 4.69) is 31.3 Å². The van der Waals surface area contributed by atoms with Crippen LogP contribution in [0.5, 0.6) is 0 Å². The van der Waals surface area contributed by atoms with Crippen LogP contribution in [-0.2, 0) is 0 Å². The fourth-order valence-corrected chi connectivity index (χ4v) is 2.63. The Hall–Kier alpha value is -1.51. The van der Waals surface area contributed by atoms with Crippen molar-refractivity contribution >= 4 is 6.03 Å². The van der Waals surface area contributed by atoms with Crippen molar-refractivity contribution in [3.63, 3.8) is 0 Å². The van der Waals surface area contributed by atoms with E-state index in [1.807, 2.05) is 23.1 Å². The monoisotopic (exact) mass is 260 g/mol. The molecule has 1 N–H and O–H groups in total. The van der Waals surface area contributed by atoms with Crippen LogP contribution < -0.4 is 5.32 Å². The van der Waals surface area contributed by atoms with E-state index < -0.39 is 0 Å². The van der Waals surface area contributed by atoms with Crippen LogP contribution in [0.2, 0.25) is 0 Å². The third-order valence-electron chi connectivity index (χ3n) is 3.87. The molecule has 1 aliphatic heterocycles. The molecule has 19 heavy (non-hydrogen) atoms. The zero-order valence-corrected chi connectivity index (χ0v) is 11.9. The van der Waals surface area contributed by atoms with Crippen molar-refractivity contribution in [1.82, 2.24) is 10.2 Å². The molecule has 0 spiro atoms. The number of piperidine rings is 1. The molecule has 1 saturated heterocycles. The summed E-state index contributed by atoms with van der Waals surface area (Å²) in [5, 5.41) is 3.06. The minimum atomic E-state index is 0.0920. The quantitative estimate of drug-likeness (QED) is 0.889. The fraction of sp³-hybridized carbons (Fsp3) is 0.562. The van der Waals surface area contributed by atoms with Gasteiger partial charge in [0.1, 0.15) is 0 Å². The number of benzene rings is 1. The van der Waals surface area contributed by atoms with Gasteiger partial charge in [0.15, 0.2) is 0 Å². The fourth-order valence-electron chi connectivity index (χ4n) is 2.63. The van der Waals surface area contributed by atoms with Gasteiger partial charge in [-0.25, -0.2) is 4.79 Å². The molecule has 2 amide bonds. The maximum absolute atomic E-state index is 12.1. The first-order valence-electron chi connectivity index (χ1n) is 7.24. The van der Waals surface area contributed by atoms with Crippen molar-refractivity contribution in [1.29, 1.82) is 0 Å². The van der Waals surface area contributed by atoms with Gasteiger partial charge in [-0.3, -0.25) is 0 Å². The summed E-state index contributed by atoms with van der Waals surface area (Å²) in [4.78, 5) is 14.0. The lowest BCUT2D eigenvalue weighted by Crippen LogP contribution is -2.45.